The Labute approximate surface area is 153 Å². The summed E-state index contributed by atoms with van der Waals surface area (Å²) in [5.74, 6) is 0.876. The molecule has 1 aliphatic heterocycles. The molecule has 0 bridgehead atoms. The monoisotopic (exact) mass is 354 g/mol. The van der Waals surface area contributed by atoms with E-state index in [2.05, 4.69) is 35.0 Å². The largest absolute Gasteiger partial charge is 0.494 e. The first-order valence-electron chi connectivity index (χ1n) is 8.92. The predicted molar refractivity (Wildman–Crippen MR) is 104 cm³/mol. The maximum atomic E-state index is 5.91. The molecule has 3 nitrogen and oxygen atoms in total. The fraction of sp³-hybridized carbons (Fsp3) is 0.333. The van der Waals surface area contributed by atoms with Crippen molar-refractivity contribution in [3.63, 3.8) is 0 Å². The van der Waals surface area contributed by atoms with Crippen molar-refractivity contribution in [3.8, 4) is 5.75 Å². The van der Waals surface area contributed by atoms with Crippen molar-refractivity contribution in [2.24, 2.45) is 0 Å². The lowest BCUT2D eigenvalue weighted by Crippen LogP contribution is -2.25. The molecule has 2 heterocycles. The molecule has 0 spiro atoms. The lowest BCUT2D eigenvalue weighted by atomic mass is 10.0. The maximum Gasteiger partial charge on any atom is 0.119 e. The summed E-state index contributed by atoms with van der Waals surface area (Å²) in [5.41, 5.74) is 5.65. The van der Waals surface area contributed by atoms with Gasteiger partial charge >= 0.3 is 0 Å². The van der Waals surface area contributed by atoms with Gasteiger partial charge in [0.1, 0.15) is 5.75 Å². The number of hydrogen-bond donors (Lipinski definition) is 1. The second-order valence-electron chi connectivity index (χ2n) is 6.68. The van der Waals surface area contributed by atoms with Gasteiger partial charge in [-0.2, -0.15) is 0 Å². The minimum absolute atomic E-state index is 0.704. The maximum absolute atomic E-state index is 5.91. The number of ether oxygens (including phenoxy) is 1. The summed E-state index contributed by atoms with van der Waals surface area (Å²) in [6.07, 6.45) is 2.09. The average molecular weight is 355 g/mol. The fourth-order valence-electron chi connectivity index (χ4n) is 3.69. The minimum Gasteiger partial charge on any atom is -0.494 e. The second-order valence-corrected chi connectivity index (χ2v) is 7.12. The number of aryl methyl sites for hydroxylation is 2. The van der Waals surface area contributed by atoms with E-state index in [0.29, 0.717) is 6.61 Å². The zero-order valence-electron chi connectivity index (χ0n) is 14.5. The lowest BCUT2D eigenvalue weighted by Gasteiger charge is -2.17. The van der Waals surface area contributed by atoms with E-state index in [1.165, 1.54) is 27.7 Å². The Kier molecular flexibility index (Phi) is 4.69. The topological polar surface area (TPSA) is 26.2 Å². The fourth-order valence-corrected chi connectivity index (χ4v) is 3.82. The van der Waals surface area contributed by atoms with Crippen LogP contribution in [-0.4, -0.2) is 17.7 Å². The van der Waals surface area contributed by atoms with Crippen molar-refractivity contribution in [3.05, 3.63) is 64.3 Å². The van der Waals surface area contributed by atoms with Gasteiger partial charge in [-0.15, -0.1) is 0 Å². The summed E-state index contributed by atoms with van der Waals surface area (Å²) in [6.45, 7) is 5.88. The Morgan fingerprint density at radius 3 is 2.84 bits per heavy atom. The Morgan fingerprint density at radius 2 is 2.00 bits per heavy atom. The lowest BCUT2D eigenvalue weighted by molar-refractivity contribution is 0.301. The molecule has 1 N–H and O–H groups in total. The molecule has 25 heavy (non-hydrogen) atoms. The number of rotatable bonds is 5. The molecule has 0 saturated heterocycles. The van der Waals surface area contributed by atoms with Crippen LogP contribution >= 0.6 is 11.6 Å². The Hall–Kier alpha value is -1.97. The summed E-state index contributed by atoms with van der Waals surface area (Å²) < 4.78 is 8.32. The van der Waals surface area contributed by atoms with Crippen molar-refractivity contribution in [1.82, 2.24) is 9.88 Å². The quantitative estimate of drug-likeness (QED) is 0.671. The zero-order chi connectivity index (χ0) is 17.2. The van der Waals surface area contributed by atoms with E-state index in [1.54, 1.807) is 0 Å². The van der Waals surface area contributed by atoms with Gasteiger partial charge in [-0.1, -0.05) is 23.2 Å². The first-order chi connectivity index (χ1) is 12.2. The Balaban J connectivity index is 1.50. The Bertz CT molecular complexity index is 883. The van der Waals surface area contributed by atoms with Gasteiger partial charge in [0.25, 0.3) is 0 Å². The number of nitrogens with zero attached hydrogens (tertiary/aromatic N) is 1. The van der Waals surface area contributed by atoms with Crippen molar-refractivity contribution in [1.29, 1.82) is 0 Å². The van der Waals surface area contributed by atoms with Crippen LogP contribution in [0.1, 0.15) is 23.2 Å². The van der Waals surface area contributed by atoms with Crippen LogP contribution in [-0.2, 0) is 19.5 Å². The molecule has 1 aliphatic rings. The van der Waals surface area contributed by atoms with Gasteiger partial charge in [0, 0.05) is 34.7 Å². The van der Waals surface area contributed by atoms with Crippen molar-refractivity contribution >= 4 is 22.5 Å². The van der Waals surface area contributed by atoms with E-state index in [9.17, 15) is 0 Å². The highest BCUT2D eigenvalue weighted by atomic mass is 35.5. The van der Waals surface area contributed by atoms with Crippen molar-refractivity contribution in [2.45, 2.75) is 32.9 Å². The second kappa shape index (κ2) is 7.11. The van der Waals surface area contributed by atoms with E-state index < -0.39 is 0 Å². The number of nitrogens with one attached hydrogen (secondary N) is 1. The minimum atomic E-state index is 0.704. The third-order valence-corrected chi connectivity index (χ3v) is 5.15. The van der Waals surface area contributed by atoms with Crippen molar-refractivity contribution < 1.29 is 4.74 Å². The number of aromatic nitrogens is 1. The van der Waals surface area contributed by atoms with Crippen LogP contribution in [0.4, 0.5) is 0 Å². The summed E-state index contributed by atoms with van der Waals surface area (Å²) in [4.78, 5) is 0. The number of halogens is 1. The van der Waals surface area contributed by atoms with E-state index in [1.807, 2.05) is 24.3 Å². The van der Waals surface area contributed by atoms with Gasteiger partial charge < -0.3 is 14.6 Å². The average Bonchev–Trinajstić information content (AvgIpc) is 2.94. The normalized spacial score (nSPS) is 13.8. The molecule has 1 aromatic heterocycles. The van der Waals surface area contributed by atoms with Crippen LogP contribution in [0.15, 0.2) is 42.5 Å². The smallest absolute Gasteiger partial charge is 0.119 e. The SMILES string of the molecule is Cc1ccc2c(c1)c1c(n2CCCOc2ccc(Cl)cc2)CNCC1. The van der Waals surface area contributed by atoms with E-state index >= 15 is 0 Å². The van der Waals surface area contributed by atoms with Crippen LogP contribution in [0.3, 0.4) is 0 Å². The molecule has 4 rings (SSSR count). The zero-order valence-corrected chi connectivity index (χ0v) is 15.3. The van der Waals surface area contributed by atoms with Gasteiger partial charge in [-0.3, -0.25) is 0 Å². The van der Waals surface area contributed by atoms with E-state index in [0.717, 1.165) is 43.2 Å². The molecule has 0 unspecified atom stereocenters. The third-order valence-electron chi connectivity index (χ3n) is 4.89. The number of benzene rings is 2. The van der Waals surface area contributed by atoms with Gasteiger partial charge in [0.05, 0.1) is 6.61 Å². The standard InChI is InChI=1S/C21H23ClN2O/c1-15-3-8-20-19(13-15)18-9-10-23-14-21(18)24(20)11-2-12-25-17-6-4-16(22)5-7-17/h3-8,13,23H,2,9-12,14H2,1H3. The summed E-state index contributed by atoms with van der Waals surface area (Å²) in [5, 5.41) is 5.68. The van der Waals surface area contributed by atoms with Crippen LogP contribution in [0.25, 0.3) is 10.9 Å². The van der Waals surface area contributed by atoms with Gasteiger partial charge in [-0.05, 0) is 68.3 Å². The highest BCUT2D eigenvalue weighted by Crippen LogP contribution is 2.29. The summed E-state index contributed by atoms with van der Waals surface area (Å²) in [6, 6.07) is 14.4. The van der Waals surface area contributed by atoms with Crippen LogP contribution in [0.2, 0.25) is 5.02 Å². The van der Waals surface area contributed by atoms with Crippen LogP contribution in [0.5, 0.6) is 5.75 Å². The first-order valence-corrected chi connectivity index (χ1v) is 9.30. The van der Waals surface area contributed by atoms with E-state index in [4.69, 9.17) is 16.3 Å². The number of fused-ring (bicyclic) bond motifs is 3. The summed E-state index contributed by atoms with van der Waals surface area (Å²) >= 11 is 5.91. The van der Waals surface area contributed by atoms with E-state index in [-0.39, 0.29) is 0 Å². The highest BCUT2D eigenvalue weighted by Gasteiger charge is 2.19. The molecule has 2 aromatic carbocycles. The molecular formula is C21H23ClN2O. The van der Waals surface area contributed by atoms with Gasteiger partial charge in [0.2, 0.25) is 0 Å². The van der Waals surface area contributed by atoms with Crippen molar-refractivity contribution in [2.75, 3.05) is 13.2 Å². The molecule has 0 aliphatic carbocycles. The third kappa shape index (κ3) is 3.39. The summed E-state index contributed by atoms with van der Waals surface area (Å²) in [7, 11) is 0. The molecule has 3 aromatic rings. The highest BCUT2D eigenvalue weighted by molar-refractivity contribution is 6.30. The van der Waals surface area contributed by atoms with Crippen LogP contribution in [0, 0.1) is 6.92 Å². The molecular weight excluding hydrogens is 332 g/mol. The predicted octanol–water partition coefficient (Wildman–Crippen LogP) is 4.72. The Morgan fingerprint density at radius 1 is 1.16 bits per heavy atom. The molecule has 0 radical (unpaired) electrons. The van der Waals surface area contributed by atoms with Gasteiger partial charge in [-0.25, -0.2) is 0 Å². The molecule has 0 fully saturated rings. The van der Waals surface area contributed by atoms with Crippen LogP contribution < -0.4 is 10.1 Å². The molecule has 4 heteroatoms. The van der Waals surface area contributed by atoms with Gasteiger partial charge in [0.15, 0.2) is 0 Å². The first kappa shape index (κ1) is 16.5. The molecule has 0 saturated carbocycles. The molecule has 0 atom stereocenters. The number of hydrogen-bond acceptors (Lipinski definition) is 2. The molecule has 130 valence electrons. The molecule has 0 amide bonds.